The van der Waals surface area contributed by atoms with Gasteiger partial charge in [-0.25, -0.2) is 0 Å². The molecular weight excluding hydrogens is 468 g/mol. The lowest BCUT2D eigenvalue weighted by Crippen LogP contribution is -2.38. The predicted octanol–water partition coefficient (Wildman–Crippen LogP) is 4.87. The van der Waals surface area contributed by atoms with E-state index >= 15 is 0 Å². The second-order valence-electron chi connectivity index (χ2n) is 7.08. The Hall–Kier alpha value is -2.15. The van der Waals surface area contributed by atoms with Crippen LogP contribution in [0.3, 0.4) is 0 Å². The zero-order valence-corrected chi connectivity index (χ0v) is 19.3. The number of benzene rings is 2. The van der Waals surface area contributed by atoms with E-state index in [1.807, 2.05) is 24.3 Å². The molecule has 1 aliphatic heterocycles. The van der Waals surface area contributed by atoms with Crippen LogP contribution in [-0.4, -0.2) is 52.8 Å². The Labute approximate surface area is 190 Å². The van der Waals surface area contributed by atoms with Gasteiger partial charge in [0.05, 0.1) is 11.6 Å². The third-order valence-corrected chi connectivity index (χ3v) is 6.12. The van der Waals surface area contributed by atoms with Crippen LogP contribution >= 0.6 is 27.5 Å². The van der Waals surface area contributed by atoms with Gasteiger partial charge in [0.15, 0.2) is 0 Å². The number of likely N-dealkylation sites (N-methyl/N-ethyl adjacent to an activating group) is 1. The number of likely N-dealkylation sites (tertiary alicyclic amines) is 1. The van der Waals surface area contributed by atoms with Gasteiger partial charge < -0.3 is 14.9 Å². The van der Waals surface area contributed by atoms with Crippen molar-refractivity contribution in [3.8, 4) is 0 Å². The lowest BCUT2D eigenvalue weighted by Gasteiger charge is -2.28. The van der Waals surface area contributed by atoms with Gasteiger partial charge in [-0.2, -0.15) is 0 Å². The number of hydrogen-bond acceptors (Lipinski definition) is 4. The van der Waals surface area contributed by atoms with E-state index in [-0.39, 0.29) is 11.3 Å². The van der Waals surface area contributed by atoms with Crippen LogP contribution in [0.25, 0.3) is 5.76 Å². The largest absolute Gasteiger partial charge is 0.507 e. The predicted molar refractivity (Wildman–Crippen MR) is 122 cm³/mol. The van der Waals surface area contributed by atoms with E-state index in [4.69, 9.17) is 11.6 Å². The summed E-state index contributed by atoms with van der Waals surface area (Å²) in [5, 5.41) is 11.5. The summed E-state index contributed by atoms with van der Waals surface area (Å²) in [7, 11) is 0. The summed E-state index contributed by atoms with van der Waals surface area (Å²) in [4.78, 5) is 29.7. The average molecular weight is 492 g/mol. The van der Waals surface area contributed by atoms with Gasteiger partial charge in [-0.1, -0.05) is 53.5 Å². The van der Waals surface area contributed by atoms with Crippen LogP contribution in [0.15, 0.2) is 58.6 Å². The van der Waals surface area contributed by atoms with E-state index in [0.717, 1.165) is 23.1 Å². The number of aliphatic hydroxyl groups excluding tert-OH is 1. The molecule has 0 unspecified atom stereocenters. The number of nitrogens with zero attached hydrogens (tertiary/aromatic N) is 2. The molecule has 0 radical (unpaired) electrons. The van der Waals surface area contributed by atoms with Gasteiger partial charge in [-0.15, -0.1) is 0 Å². The molecule has 0 aliphatic carbocycles. The zero-order valence-electron chi connectivity index (χ0n) is 16.9. The molecule has 1 N–H and O–H groups in total. The Morgan fingerprint density at radius 1 is 1.13 bits per heavy atom. The van der Waals surface area contributed by atoms with E-state index in [2.05, 4.69) is 34.7 Å². The molecule has 1 atom stereocenters. The van der Waals surface area contributed by atoms with E-state index in [1.54, 1.807) is 29.2 Å². The molecule has 0 aromatic heterocycles. The maximum Gasteiger partial charge on any atom is 0.295 e. The number of aliphatic hydroxyl groups is 1. The van der Waals surface area contributed by atoms with E-state index in [1.165, 1.54) is 0 Å². The first-order chi connectivity index (χ1) is 14.4. The highest BCUT2D eigenvalue weighted by Gasteiger charge is 2.46. The fraction of sp³-hybridized carbons (Fsp3) is 0.304. The molecule has 5 nitrogen and oxygen atoms in total. The second-order valence-corrected chi connectivity index (χ2v) is 8.43. The first-order valence-electron chi connectivity index (χ1n) is 9.89. The molecule has 1 saturated heterocycles. The summed E-state index contributed by atoms with van der Waals surface area (Å²) in [6, 6.07) is 13.4. The monoisotopic (exact) mass is 490 g/mol. The van der Waals surface area contributed by atoms with Crippen molar-refractivity contribution in [2.75, 3.05) is 26.2 Å². The van der Waals surface area contributed by atoms with Crippen molar-refractivity contribution in [2.24, 2.45) is 0 Å². The average Bonchev–Trinajstić information content (AvgIpc) is 2.99. The minimum Gasteiger partial charge on any atom is -0.507 e. The maximum absolute atomic E-state index is 13.0. The van der Waals surface area contributed by atoms with Crippen molar-refractivity contribution in [3.05, 3.63) is 74.7 Å². The molecule has 2 aromatic carbocycles. The molecule has 1 aliphatic rings. The fourth-order valence-corrected chi connectivity index (χ4v) is 4.23. The summed E-state index contributed by atoms with van der Waals surface area (Å²) >= 11 is 9.42. The van der Waals surface area contributed by atoms with E-state index < -0.39 is 17.7 Å². The highest BCUT2D eigenvalue weighted by molar-refractivity contribution is 9.10. The summed E-state index contributed by atoms with van der Waals surface area (Å²) in [6.07, 6.45) is 0. The zero-order chi connectivity index (χ0) is 21.8. The van der Waals surface area contributed by atoms with Crippen LogP contribution < -0.4 is 0 Å². The summed E-state index contributed by atoms with van der Waals surface area (Å²) in [6.45, 7) is 6.86. The molecular formula is C23H24BrClN2O3. The number of Topliss-reactive ketones (excluding diaryl/α,β-unsaturated/α-hetero) is 1. The third-order valence-electron chi connectivity index (χ3n) is 5.37. The SMILES string of the molecule is CCN(CC)CCN1C(=O)C(=O)C(=C(O)c2ccc(Cl)cc2)[C@@H]1c1cccc(Br)c1. The highest BCUT2D eigenvalue weighted by atomic mass is 79.9. The van der Waals surface area contributed by atoms with Crippen LogP contribution in [0.1, 0.15) is 31.0 Å². The quantitative estimate of drug-likeness (QED) is 0.341. The third kappa shape index (κ3) is 4.61. The van der Waals surface area contributed by atoms with Crippen molar-refractivity contribution >= 4 is 45.0 Å². The van der Waals surface area contributed by atoms with Crippen molar-refractivity contribution in [3.63, 3.8) is 0 Å². The van der Waals surface area contributed by atoms with Gasteiger partial charge in [0, 0.05) is 28.1 Å². The Bertz CT molecular complexity index is 971. The highest BCUT2D eigenvalue weighted by Crippen LogP contribution is 2.40. The minimum atomic E-state index is -0.674. The lowest BCUT2D eigenvalue weighted by atomic mass is 9.95. The number of ketones is 1. The number of halogens is 2. The number of hydrogen-bond donors (Lipinski definition) is 1. The summed E-state index contributed by atoms with van der Waals surface area (Å²) in [5.41, 5.74) is 1.31. The van der Waals surface area contributed by atoms with Crippen LogP contribution in [0.4, 0.5) is 0 Å². The first-order valence-corrected chi connectivity index (χ1v) is 11.1. The molecule has 2 aromatic rings. The number of carbonyl (C=O) groups excluding carboxylic acids is 2. The van der Waals surface area contributed by atoms with Crippen molar-refractivity contribution in [1.82, 2.24) is 9.80 Å². The van der Waals surface area contributed by atoms with Crippen LogP contribution in [0.5, 0.6) is 0 Å². The van der Waals surface area contributed by atoms with Crippen molar-refractivity contribution in [1.29, 1.82) is 0 Å². The topological polar surface area (TPSA) is 60.9 Å². The number of carbonyl (C=O) groups is 2. The lowest BCUT2D eigenvalue weighted by molar-refractivity contribution is -0.140. The second kappa shape index (κ2) is 9.77. The van der Waals surface area contributed by atoms with Crippen molar-refractivity contribution in [2.45, 2.75) is 19.9 Å². The Morgan fingerprint density at radius 3 is 2.40 bits per heavy atom. The Morgan fingerprint density at radius 2 is 1.80 bits per heavy atom. The molecule has 1 fully saturated rings. The van der Waals surface area contributed by atoms with Crippen LogP contribution in [0, 0.1) is 0 Å². The van der Waals surface area contributed by atoms with E-state index in [9.17, 15) is 14.7 Å². The first kappa shape index (κ1) is 22.5. The molecule has 7 heteroatoms. The minimum absolute atomic E-state index is 0.0972. The van der Waals surface area contributed by atoms with Gasteiger partial charge in [-0.05, 0) is 55.1 Å². The van der Waals surface area contributed by atoms with Crippen LogP contribution in [0.2, 0.25) is 5.02 Å². The fourth-order valence-electron chi connectivity index (χ4n) is 3.69. The molecule has 0 saturated carbocycles. The summed E-state index contributed by atoms with van der Waals surface area (Å²) < 4.78 is 0.834. The molecule has 30 heavy (non-hydrogen) atoms. The van der Waals surface area contributed by atoms with Crippen molar-refractivity contribution < 1.29 is 14.7 Å². The number of rotatable bonds is 7. The van der Waals surface area contributed by atoms with Gasteiger partial charge in [0.1, 0.15) is 5.76 Å². The molecule has 3 rings (SSSR count). The van der Waals surface area contributed by atoms with Gasteiger partial charge in [-0.3, -0.25) is 9.59 Å². The van der Waals surface area contributed by atoms with Gasteiger partial charge >= 0.3 is 0 Å². The van der Waals surface area contributed by atoms with E-state index in [0.29, 0.717) is 23.7 Å². The number of amides is 1. The van der Waals surface area contributed by atoms with Gasteiger partial charge in [0.2, 0.25) is 0 Å². The molecule has 1 heterocycles. The molecule has 158 valence electrons. The standard InChI is InChI=1S/C23H24BrClN2O3/c1-3-26(4-2)12-13-27-20(16-6-5-7-17(24)14-16)19(22(29)23(27)30)21(28)15-8-10-18(25)11-9-15/h5-11,14,20,28H,3-4,12-13H2,1-2H3/t20-/m0/s1. The normalized spacial score (nSPS) is 18.4. The maximum atomic E-state index is 13.0. The smallest absolute Gasteiger partial charge is 0.295 e. The molecule has 0 spiro atoms. The molecule has 0 bridgehead atoms. The van der Waals surface area contributed by atoms with Gasteiger partial charge in [0.25, 0.3) is 11.7 Å². The Balaban J connectivity index is 2.09. The molecule has 1 amide bonds. The summed E-state index contributed by atoms with van der Waals surface area (Å²) in [5.74, 6) is -1.46. The van der Waals surface area contributed by atoms with Crippen LogP contribution in [-0.2, 0) is 9.59 Å². The Kier molecular flexibility index (Phi) is 7.34.